The molecule has 0 saturated carbocycles. The first-order valence-corrected chi connectivity index (χ1v) is 10.2. The number of carbonyl (C=O) groups is 1. The van der Waals surface area contributed by atoms with Crippen LogP contribution < -0.4 is 5.32 Å². The molecule has 0 radical (unpaired) electrons. The van der Waals surface area contributed by atoms with E-state index >= 15 is 0 Å². The van der Waals surface area contributed by atoms with Gasteiger partial charge in [0.25, 0.3) is 5.91 Å². The second-order valence-electron chi connectivity index (χ2n) is 6.36. The van der Waals surface area contributed by atoms with Crippen molar-refractivity contribution in [3.05, 3.63) is 77.0 Å². The summed E-state index contributed by atoms with van der Waals surface area (Å²) in [7, 11) is 0. The maximum Gasteiger partial charge on any atom is 0.275 e. The molecule has 30 heavy (non-hydrogen) atoms. The second kappa shape index (κ2) is 7.66. The third-order valence-corrected chi connectivity index (χ3v) is 5.53. The molecule has 2 aromatic carbocycles. The van der Waals surface area contributed by atoms with E-state index < -0.39 is 0 Å². The van der Waals surface area contributed by atoms with Crippen LogP contribution in [0.2, 0.25) is 5.02 Å². The molecule has 3 aromatic heterocycles. The quantitative estimate of drug-likeness (QED) is 0.414. The first kappa shape index (κ1) is 18.4. The molecule has 0 saturated heterocycles. The van der Waals surface area contributed by atoms with Crippen molar-refractivity contribution in [1.29, 1.82) is 0 Å². The van der Waals surface area contributed by atoms with E-state index in [0.29, 0.717) is 33.1 Å². The number of benzene rings is 2. The third kappa shape index (κ3) is 3.54. The smallest absolute Gasteiger partial charge is 0.275 e. The molecule has 0 aliphatic rings. The van der Waals surface area contributed by atoms with E-state index in [2.05, 4.69) is 30.2 Å². The van der Waals surface area contributed by atoms with Crippen molar-refractivity contribution in [3.8, 4) is 22.2 Å². The number of imidazole rings is 1. The van der Waals surface area contributed by atoms with E-state index in [0.717, 1.165) is 16.6 Å². The molecule has 9 heteroatoms. The van der Waals surface area contributed by atoms with Crippen molar-refractivity contribution >= 4 is 45.6 Å². The average molecular weight is 433 g/mol. The number of thiazole rings is 1. The fraction of sp³-hybridized carbons (Fsp3) is 0. The van der Waals surface area contributed by atoms with Crippen LogP contribution in [-0.4, -0.2) is 30.8 Å². The highest BCUT2D eigenvalue weighted by Gasteiger charge is 2.14. The molecule has 0 bridgehead atoms. The van der Waals surface area contributed by atoms with Gasteiger partial charge in [0.1, 0.15) is 11.5 Å². The molecule has 3 heterocycles. The van der Waals surface area contributed by atoms with Gasteiger partial charge in [0.05, 0.1) is 16.1 Å². The second-order valence-corrected chi connectivity index (χ2v) is 7.63. The number of hydrogen-bond acceptors (Lipinski definition) is 6. The molecule has 5 rings (SSSR count). The Bertz CT molecular complexity index is 1360. The first-order chi connectivity index (χ1) is 14.7. The number of anilines is 1. The van der Waals surface area contributed by atoms with Crippen LogP contribution in [0.4, 0.5) is 5.69 Å². The summed E-state index contributed by atoms with van der Waals surface area (Å²) in [6.07, 6.45) is 3.28. The Balaban J connectivity index is 1.38. The lowest BCUT2D eigenvalue weighted by Crippen LogP contribution is -2.12. The Morgan fingerprint density at radius 1 is 1.03 bits per heavy atom. The minimum Gasteiger partial charge on any atom is -0.338 e. The van der Waals surface area contributed by atoms with Crippen LogP contribution in [0.5, 0.6) is 0 Å². The maximum atomic E-state index is 12.6. The van der Waals surface area contributed by atoms with Crippen molar-refractivity contribution in [3.63, 3.8) is 0 Å². The van der Waals surface area contributed by atoms with Crippen molar-refractivity contribution in [2.24, 2.45) is 0 Å². The zero-order valence-electron chi connectivity index (χ0n) is 15.3. The van der Waals surface area contributed by atoms with Gasteiger partial charge in [0.2, 0.25) is 0 Å². The van der Waals surface area contributed by atoms with Gasteiger partial charge < -0.3 is 10.3 Å². The largest absolute Gasteiger partial charge is 0.338 e. The lowest BCUT2D eigenvalue weighted by atomic mass is 10.2. The molecule has 0 fully saturated rings. The van der Waals surface area contributed by atoms with Crippen LogP contribution in [0.3, 0.4) is 0 Å². The van der Waals surface area contributed by atoms with Crippen molar-refractivity contribution in [1.82, 2.24) is 24.9 Å². The molecule has 5 aromatic rings. The summed E-state index contributed by atoms with van der Waals surface area (Å²) >= 11 is 7.59. The van der Waals surface area contributed by atoms with Crippen molar-refractivity contribution in [2.45, 2.75) is 0 Å². The number of H-pyrrole nitrogens is 1. The standard InChI is InChI=1S/C21H13ClN6OS/c22-14-5-2-1-4-13(14)18-26-15-7-6-12(10-16(15)27-18)25-20(29)17-11-30-21(28-17)19-23-8-3-9-24-19/h1-11H,(H,25,29)(H,26,27). The molecule has 0 atom stereocenters. The molecule has 0 aliphatic carbocycles. The van der Waals surface area contributed by atoms with Gasteiger partial charge in [0, 0.05) is 29.0 Å². The topological polar surface area (TPSA) is 96.5 Å². The van der Waals surface area contributed by atoms with E-state index in [-0.39, 0.29) is 5.91 Å². The monoisotopic (exact) mass is 432 g/mol. The number of nitrogens with zero attached hydrogens (tertiary/aromatic N) is 4. The van der Waals surface area contributed by atoms with Gasteiger partial charge in [-0.05, 0) is 36.4 Å². The molecule has 146 valence electrons. The van der Waals surface area contributed by atoms with Gasteiger partial charge in [-0.15, -0.1) is 11.3 Å². The number of rotatable bonds is 4. The van der Waals surface area contributed by atoms with E-state index in [1.807, 2.05) is 36.4 Å². The van der Waals surface area contributed by atoms with Crippen molar-refractivity contribution in [2.75, 3.05) is 5.32 Å². The molecule has 1 amide bonds. The van der Waals surface area contributed by atoms with Crippen molar-refractivity contribution < 1.29 is 4.79 Å². The summed E-state index contributed by atoms with van der Waals surface area (Å²) in [5, 5.41) is 5.76. The summed E-state index contributed by atoms with van der Waals surface area (Å²) in [4.78, 5) is 33.1. The molecular weight excluding hydrogens is 420 g/mol. The van der Waals surface area contributed by atoms with Gasteiger partial charge >= 0.3 is 0 Å². The molecule has 0 aliphatic heterocycles. The molecular formula is C21H13ClN6OS. The van der Waals surface area contributed by atoms with Crippen LogP contribution in [-0.2, 0) is 0 Å². The number of amides is 1. The van der Waals surface area contributed by atoms with E-state index in [4.69, 9.17) is 11.6 Å². The number of hydrogen-bond donors (Lipinski definition) is 2. The normalized spacial score (nSPS) is 11.0. The number of halogens is 1. The lowest BCUT2D eigenvalue weighted by molar-refractivity contribution is 0.102. The SMILES string of the molecule is O=C(Nc1ccc2nc(-c3ccccc3Cl)[nH]c2c1)c1csc(-c2ncccn2)n1. The Morgan fingerprint density at radius 2 is 1.87 bits per heavy atom. The number of aromatic nitrogens is 5. The summed E-state index contributed by atoms with van der Waals surface area (Å²) in [6.45, 7) is 0. The van der Waals surface area contributed by atoms with Gasteiger partial charge in [-0.25, -0.2) is 19.9 Å². The zero-order chi connectivity index (χ0) is 20.5. The van der Waals surface area contributed by atoms with Gasteiger partial charge in [-0.2, -0.15) is 0 Å². The maximum absolute atomic E-state index is 12.6. The fourth-order valence-electron chi connectivity index (χ4n) is 2.95. The summed E-state index contributed by atoms with van der Waals surface area (Å²) in [5.74, 6) is 0.859. The Labute approximate surface area is 179 Å². The van der Waals surface area contributed by atoms with E-state index in [9.17, 15) is 4.79 Å². The number of nitrogens with one attached hydrogen (secondary N) is 2. The van der Waals surface area contributed by atoms with Gasteiger partial charge in [-0.3, -0.25) is 4.79 Å². The van der Waals surface area contributed by atoms with Crippen LogP contribution in [0.25, 0.3) is 33.3 Å². The summed E-state index contributed by atoms with van der Waals surface area (Å²) in [6, 6.07) is 14.7. The first-order valence-electron chi connectivity index (χ1n) is 8.96. The predicted molar refractivity (Wildman–Crippen MR) is 118 cm³/mol. The number of aromatic amines is 1. The number of fused-ring (bicyclic) bond motifs is 1. The highest BCUT2D eigenvalue weighted by Crippen LogP contribution is 2.28. The summed E-state index contributed by atoms with van der Waals surface area (Å²) < 4.78 is 0. The molecule has 7 nitrogen and oxygen atoms in total. The minimum absolute atomic E-state index is 0.307. The average Bonchev–Trinajstić information content (AvgIpc) is 3.42. The van der Waals surface area contributed by atoms with Crippen LogP contribution in [0, 0.1) is 0 Å². The predicted octanol–water partition coefficient (Wildman–Crippen LogP) is 5.05. The molecule has 0 spiro atoms. The van der Waals surface area contributed by atoms with Gasteiger partial charge in [-0.1, -0.05) is 23.7 Å². The third-order valence-electron chi connectivity index (χ3n) is 4.36. The number of carbonyl (C=O) groups excluding carboxylic acids is 1. The zero-order valence-corrected chi connectivity index (χ0v) is 16.9. The summed E-state index contributed by atoms with van der Waals surface area (Å²) in [5.41, 5.74) is 3.33. The minimum atomic E-state index is -0.307. The highest BCUT2D eigenvalue weighted by molar-refractivity contribution is 7.13. The molecule has 2 N–H and O–H groups in total. The van der Waals surface area contributed by atoms with Crippen LogP contribution in [0.1, 0.15) is 10.5 Å². The fourth-order valence-corrected chi connectivity index (χ4v) is 3.92. The van der Waals surface area contributed by atoms with Gasteiger partial charge in [0.15, 0.2) is 10.8 Å². The van der Waals surface area contributed by atoms with Crippen LogP contribution in [0.15, 0.2) is 66.3 Å². The van der Waals surface area contributed by atoms with E-state index in [1.165, 1.54) is 11.3 Å². The Morgan fingerprint density at radius 3 is 2.70 bits per heavy atom. The molecule has 0 unspecified atom stereocenters. The Hall–Kier alpha value is -3.62. The highest BCUT2D eigenvalue weighted by atomic mass is 35.5. The van der Waals surface area contributed by atoms with Crippen LogP contribution >= 0.6 is 22.9 Å². The van der Waals surface area contributed by atoms with E-state index in [1.54, 1.807) is 29.9 Å². The Kier molecular flexibility index (Phi) is 4.70. The lowest BCUT2D eigenvalue weighted by Gasteiger charge is -2.02.